The highest BCUT2D eigenvalue weighted by atomic mass is 16.5. The number of nitrogens with zero attached hydrogens (tertiary/aromatic N) is 5. The second-order valence-electron chi connectivity index (χ2n) is 8.22. The number of anilines is 1. The van der Waals surface area contributed by atoms with Gasteiger partial charge in [-0.3, -0.25) is 9.78 Å². The van der Waals surface area contributed by atoms with Gasteiger partial charge in [0.05, 0.1) is 25.5 Å². The van der Waals surface area contributed by atoms with E-state index in [1.807, 2.05) is 65.7 Å². The zero-order valence-corrected chi connectivity index (χ0v) is 19.8. The summed E-state index contributed by atoms with van der Waals surface area (Å²) in [4.78, 5) is 22.0. The lowest BCUT2D eigenvalue weighted by Crippen LogP contribution is -2.48. The van der Waals surface area contributed by atoms with E-state index < -0.39 is 0 Å². The molecule has 1 saturated heterocycles. The topological polar surface area (TPSA) is 72.7 Å². The molecule has 8 heteroatoms. The van der Waals surface area contributed by atoms with Crippen LogP contribution in [0.4, 0.5) is 5.69 Å². The molecule has 4 aromatic rings. The van der Waals surface area contributed by atoms with E-state index in [1.165, 1.54) is 0 Å². The van der Waals surface area contributed by atoms with Crippen molar-refractivity contribution in [3.8, 4) is 28.4 Å². The number of hydrogen-bond acceptors (Lipinski definition) is 6. The molecule has 1 aliphatic rings. The number of amides is 1. The molecule has 2 aromatic heterocycles. The summed E-state index contributed by atoms with van der Waals surface area (Å²) in [5, 5.41) is 4.82. The lowest BCUT2D eigenvalue weighted by Gasteiger charge is -2.36. The summed E-state index contributed by atoms with van der Waals surface area (Å²) < 4.78 is 12.7. The van der Waals surface area contributed by atoms with Crippen molar-refractivity contribution in [3.05, 3.63) is 84.8 Å². The van der Waals surface area contributed by atoms with Crippen molar-refractivity contribution in [2.45, 2.75) is 0 Å². The first kappa shape index (κ1) is 22.5. The van der Waals surface area contributed by atoms with Crippen molar-refractivity contribution in [1.82, 2.24) is 19.7 Å². The predicted octanol–water partition coefficient (Wildman–Crippen LogP) is 3.91. The molecule has 178 valence electrons. The standard InChI is InChI=1S/C27H27N5O3/c1-34-22-8-9-23(25(18-22)35-2)26-24(19-32(29-26)21-6-4-3-5-7-21)27(33)31-16-14-30(15-17-31)20-10-12-28-13-11-20/h3-13,18-19H,14-17H2,1-2H3. The van der Waals surface area contributed by atoms with Gasteiger partial charge in [-0.05, 0) is 36.4 Å². The quantitative estimate of drug-likeness (QED) is 0.426. The Kier molecular flexibility index (Phi) is 6.34. The molecule has 0 radical (unpaired) electrons. The zero-order chi connectivity index (χ0) is 24.2. The minimum Gasteiger partial charge on any atom is -0.497 e. The monoisotopic (exact) mass is 469 g/mol. The Morgan fingerprint density at radius 1 is 0.857 bits per heavy atom. The van der Waals surface area contributed by atoms with Crippen molar-refractivity contribution in [2.24, 2.45) is 0 Å². The number of carbonyl (C=O) groups is 1. The number of aromatic nitrogens is 3. The second-order valence-corrected chi connectivity index (χ2v) is 8.22. The molecule has 1 fully saturated rings. The Morgan fingerprint density at radius 3 is 2.29 bits per heavy atom. The summed E-state index contributed by atoms with van der Waals surface area (Å²) in [5.74, 6) is 1.22. The highest BCUT2D eigenvalue weighted by molar-refractivity contribution is 6.00. The molecule has 1 amide bonds. The van der Waals surface area contributed by atoms with Gasteiger partial charge in [0.15, 0.2) is 0 Å². The number of para-hydroxylation sites is 1. The number of methoxy groups -OCH3 is 2. The Morgan fingerprint density at radius 2 is 1.60 bits per heavy atom. The SMILES string of the molecule is COc1ccc(-c2nn(-c3ccccc3)cc2C(=O)N2CCN(c3ccncc3)CC2)c(OC)c1. The molecule has 8 nitrogen and oxygen atoms in total. The van der Waals surface area contributed by atoms with Gasteiger partial charge in [0.1, 0.15) is 17.2 Å². The van der Waals surface area contributed by atoms with E-state index in [2.05, 4.69) is 9.88 Å². The molecule has 0 N–H and O–H groups in total. The van der Waals surface area contributed by atoms with Gasteiger partial charge in [-0.1, -0.05) is 18.2 Å². The minimum absolute atomic E-state index is 0.0468. The summed E-state index contributed by atoms with van der Waals surface area (Å²) in [5.41, 5.74) is 3.85. The molecule has 35 heavy (non-hydrogen) atoms. The number of benzene rings is 2. The summed E-state index contributed by atoms with van der Waals surface area (Å²) in [6.45, 7) is 2.75. The third-order valence-corrected chi connectivity index (χ3v) is 6.22. The number of piperazine rings is 1. The molecule has 0 atom stereocenters. The second kappa shape index (κ2) is 9.89. The van der Waals surface area contributed by atoms with E-state index >= 15 is 0 Å². The molecule has 0 spiro atoms. The average molecular weight is 470 g/mol. The van der Waals surface area contributed by atoms with E-state index in [9.17, 15) is 4.79 Å². The Balaban J connectivity index is 1.48. The highest BCUT2D eigenvalue weighted by Crippen LogP contribution is 2.35. The van der Waals surface area contributed by atoms with Crippen molar-refractivity contribution in [2.75, 3.05) is 45.3 Å². The molecule has 0 bridgehead atoms. The van der Waals surface area contributed by atoms with Gasteiger partial charge in [0.2, 0.25) is 0 Å². The fourth-order valence-electron chi connectivity index (χ4n) is 4.33. The largest absolute Gasteiger partial charge is 0.497 e. The summed E-state index contributed by atoms with van der Waals surface area (Å²) >= 11 is 0. The molecule has 3 heterocycles. The van der Waals surface area contributed by atoms with Crippen LogP contribution in [0.5, 0.6) is 11.5 Å². The van der Waals surface area contributed by atoms with Gasteiger partial charge in [-0.2, -0.15) is 5.10 Å². The van der Waals surface area contributed by atoms with Gasteiger partial charge in [-0.15, -0.1) is 0 Å². The fourth-order valence-corrected chi connectivity index (χ4v) is 4.33. The number of pyridine rings is 1. The average Bonchev–Trinajstić information content (AvgIpc) is 3.38. The maximum atomic E-state index is 13.8. The maximum Gasteiger partial charge on any atom is 0.257 e. The van der Waals surface area contributed by atoms with E-state index in [0.29, 0.717) is 35.8 Å². The highest BCUT2D eigenvalue weighted by Gasteiger charge is 2.28. The lowest BCUT2D eigenvalue weighted by atomic mass is 10.1. The summed E-state index contributed by atoms with van der Waals surface area (Å²) in [6, 6.07) is 19.3. The molecule has 2 aromatic carbocycles. The van der Waals surface area contributed by atoms with Crippen LogP contribution in [0, 0.1) is 0 Å². The lowest BCUT2D eigenvalue weighted by molar-refractivity contribution is 0.0747. The van der Waals surface area contributed by atoms with Crippen LogP contribution in [0.25, 0.3) is 16.9 Å². The van der Waals surface area contributed by atoms with Crippen molar-refractivity contribution in [1.29, 1.82) is 0 Å². The van der Waals surface area contributed by atoms with Crippen LogP contribution in [-0.4, -0.2) is 66.0 Å². The first-order chi connectivity index (χ1) is 17.2. The smallest absolute Gasteiger partial charge is 0.257 e. The van der Waals surface area contributed by atoms with Crippen LogP contribution >= 0.6 is 0 Å². The third kappa shape index (κ3) is 4.55. The van der Waals surface area contributed by atoms with Crippen molar-refractivity contribution < 1.29 is 14.3 Å². The third-order valence-electron chi connectivity index (χ3n) is 6.22. The van der Waals surface area contributed by atoms with Crippen LogP contribution in [0.15, 0.2) is 79.3 Å². The van der Waals surface area contributed by atoms with Gasteiger partial charge in [0, 0.05) is 62.1 Å². The fraction of sp³-hybridized carbons (Fsp3) is 0.222. The zero-order valence-electron chi connectivity index (χ0n) is 19.8. The molecular formula is C27H27N5O3. The Hall–Kier alpha value is -4.33. The van der Waals surface area contributed by atoms with Crippen molar-refractivity contribution in [3.63, 3.8) is 0 Å². The number of ether oxygens (including phenoxy) is 2. The van der Waals surface area contributed by atoms with E-state index in [1.54, 1.807) is 37.4 Å². The molecule has 0 aliphatic carbocycles. The van der Waals surface area contributed by atoms with E-state index in [0.717, 1.165) is 30.0 Å². The minimum atomic E-state index is -0.0468. The number of carbonyl (C=O) groups excluding carboxylic acids is 1. The van der Waals surface area contributed by atoms with E-state index in [4.69, 9.17) is 14.6 Å². The maximum absolute atomic E-state index is 13.8. The molecule has 0 unspecified atom stereocenters. The molecule has 0 saturated carbocycles. The molecule has 1 aliphatic heterocycles. The predicted molar refractivity (Wildman–Crippen MR) is 134 cm³/mol. The van der Waals surface area contributed by atoms with Crippen LogP contribution in [0.3, 0.4) is 0 Å². The van der Waals surface area contributed by atoms with E-state index in [-0.39, 0.29) is 5.91 Å². The first-order valence-corrected chi connectivity index (χ1v) is 11.5. The normalized spacial score (nSPS) is 13.5. The van der Waals surface area contributed by atoms with Gasteiger partial charge >= 0.3 is 0 Å². The number of hydrogen-bond donors (Lipinski definition) is 0. The van der Waals surface area contributed by atoms with Crippen LogP contribution in [0.2, 0.25) is 0 Å². The van der Waals surface area contributed by atoms with Gasteiger partial charge in [-0.25, -0.2) is 4.68 Å². The van der Waals surface area contributed by atoms with Crippen LogP contribution < -0.4 is 14.4 Å². The van der Waals surface area contributed by atoms with Crippen LogP contribution in [-0.2, 0) is 0 Å². The van der Waals surface area contributed by atoms with Crippen molar-refractivity contribution >= 4 is 11.6 Å². The Bertz CT molecular complexity index is 1300. The summed E-state index contributed by atoms with van der Waals surface area (Å²) in [7, 11) is 3.21. The summed E-state index contributed by atoms with van der Waals surface area (Å²) in [6.07, 6.45) is 5.39. The number of rotatable bonds is 6. The first-order valence-electron chi connectivity index (χ1n) is 11.5. The van der Waals surface area contributed by atoms with Crippen LogP contribution in [0.1, 0.15) is 10.4 Å². The van der Waals surface area contributed by atoms with Gasteiger partial charge < -0.3 is 19.3 Å². The molecule has 5 rings (SSSR count). The molecular weight excluding hydrogens is 442 g/mol. The Labute approximate surface area is 204 Å². The van der Waals surface area contributed by atoms with Gasteiger partial charge in [0.25, 0.3) is 5.91 Å².